The number of aryl methyl sites for hydroxylation is 5. The monoisotopic (exact) mass is 1050 g/mol. The summed E-state index contributed by atoms with van der Waals surface area (Å²) in [5.74, 6) is -0.0432. The van der Waals surface area contributed by atoms with Gasteiger partial charge in [-0.05, 0) is 177 Å². The Balaban J connectivity index is 0.962. The normalized spacial score (nSPS) is 12.3. The van der Waals surface area contributed by atoms with E-state index >= 15 is 0 Å². The Labute approximate surface area is 434 Å². The zero-order valence-corrected chi connectivity index (χ0v) is 43.3. The van der Waals surface area contributed by atoms with Crippen LogP contribution in [0.5, 0.6) is 17.2 Å². The number of nitrogens with one attached hydrogen (secondary N) is 1. The summed E-state index contributed by atoms with van der Waals surface area (Å²) in [6, 6.07) is 40.9. The lowest BCUT2D eigenvalue weighted by Gasteiger charge is -2.11. The standard InChI is InChI=1S/C55H53N9O9S2/c1-34-27-48(35(2)26-47(34)60-58-46-21-16-40-31-42(17-20-45(40)55(46)65)56-41-13-7-6-8-14-41)61-62-49-28-37(4)50(29-36(49)3)63-64-52-30-38(5)51(33-54(52)73-23-11-25-75(69,70)71)59-57-43-18-19-44-39(32-43)12-9-15-53(44)72-22-10-24-74(66,67)68/h6-9,12-21,26-33,56,65H,10-11,22-25H2,1-5H3,(H,66,67,68)(H,69,70,71). The number of hydrogen-bond donors (Lipinski definition) is 4. The number of ether oxygens (including phenoxy) is 2. The van der Waals surface area contributed by atoms with Gasteiger partial charge in [0.15, 0.2) is 5.75 Å². The molecule has 75 heavy (non-hydrogen) atoms. The summed E-state index contributed by atoms with van der Waals surface area (Å²) in [4.78, 5) is 0. The number of anilines is 2. The van der Waals surface area contributed by atoms with E-state index in [-0.39, 0.29) is 37.6 Å². The molecule has 0 unspecified atom stereocenters. The van der Waals surface area contributed by atoms with E-state index in [1.807, 2.05) is 132 Å². The van der Waals surface area contributed by atoms with Crippen LogP contribution in [0, 0.1) is 34.6 Å². The predicted octanol–water partition coefficient (Wildman–Crippen LogP) is 16.0. The van der Waals surface area contributed by atoms with Crippen LogP contribution < -0.4 is 14.8 Å². The number of hydrogen-bond acceptors (Lipinski definition) is 16. The zero-order chi connectivity index (χ0) is 53.3. The molecule has 8 aromatic carbocycles. The molecule has 0 aliphatic carbocycles. The van der Waals surface area contributed by atoms with Crippen LogP contribution in [0.3, 0.4) is 0 Å². The highest BCUT2D eigenvalue weighted by atomic mass is 32.2. The Morgan fingerprint density at radius 1 is 0.427 bits per heavy atom. The van der Waals surface area contributed by atoms with Crippen molar-refractivity contribution >= 4 is 98.7 Å². The topological polar surface area (TPSA) is 258 Å². The van der Waals surface area contributed by atoms with Gasteiger partial charge in [-0.25, -0.2) is 0 Å². The summed E-state index contributed by atoms with van der Waals surface area (Å²) in [5, 5.41) is 53.8. The molecule has 0 spiro atoms. The lowest BCUT2D eigenvalue weighted by Crippen LogP contribution is -2.08. The Kier molecular flexibility index (Phi) is 16.5. The van der Waals surface area contributed by atoms with Crippen molar-refractivity contribution in [1.29, 1.82) is 0 Å². The van der Waals surface area contributed by atoms with E-state index in [1.54, 1.807) is 36.4 Å². The number of azo groups is 4. The average molecular weight is 1050 g/mol. The Morgan fingerprint density at radius 3 is 1.48 bits per heavy atom. The fourth-order valence-electron chi connectivity index (χ4n) is 7.83. The summed E-state index contributed by atoms with van der Waals surface area (Å²) < 4.78 is 75.1. The molecule has 0 aliphatic heterocycles. The number of para-hydroxylation sites is 1. The molecule has 0 bridgehead atoms. The van der Waals surface area contributed by atoms with E-state index in [9.17, 15) is 26.5 Å². The molecule has 20 heteroatoms. The van der Waals surface area contributed by atoms with Gasteiger partial charge in [-0.1, -0.05) is 36.4 Å². The number of fused-ring (bicyclic) bond motifs is 2. The van der Waals surface area contributed by atoms with E-state index in [1.165, 1.54) is 0 Å². The van der Waals surface area contributed by atoms with Crippen molar-refractivity contribution < 1.29 is 40.5 Å². The van der Waals surface area contributed by atoms with Crippen LogP contribution in [0.1, 0.15) is 40.7 Å². The molecule has 4 N–H and O–H groups in total. The third-order valence-corrected chi connectivity index (χ3v) is 13.5. The molecule has 0 aromatic heterocycles. The van der Waals surface area contributed by atoms with Gasteiger partial charge in [0.1, 0.15) is 22.9 Å². The molecule has 0 saturated heterocycles. The number of nitrogens with zero attached hydrogens (tertiary/aromatic N) is 8. The van der Waals surface area contributed by atoms with Gasteiger partial charge in [0, 0.05) is 28.2 Å². The first-order chi connectivity index (χ1) is 35.9. The van der Waals surface area contributed by atoms with Gasteiger partial charge < -0.3 is 19.9 Å². The summed E-state index contributed by atoms with van der Waals surface area (Å²) in [6.45, 7) is 9.47. The average Bonchev–Trinajstić information content (AvgIpc) is 3.37. The van der Waals surface area contributed by atoms with Crippen LogP contribution in [-0.4, -0.2) is 55.8 Å². The van der Waals surface area contributed by atoms with Crippen molar-refractivity contribution in [3.05, 3.63) is 161 Å². The Hall–Kier alpha value is -8.30. The van der Waals surface area contributed by atoms with Crippen LogP contribution in [0.15, 0.2) is 174 Å². The van der Waals surface area contributed by atoms with Gasteiger partial charge in [-0.3, -0.25) is 9.11 Å². The van der Waals surface area contributed by atoms with E-state index in [0.29, 0.717) is 62.2 Å². The first-order valence-corrected chi connectivity index (χ1v) is 26.9. The molecule has 384 valence electrons. The smallest absolute Gasteiger partial charge is 0.264 e. The van der Waals surface area contributed by atoms with Gasteiger partial charge >= 0.3 is 0 Å². The molecule has 0 heterocycles. The molecular formula is C55H53N9O9S2. The molecule has 8 rings (SSSR count). The molecule has 0 saturated carbocycles. The third kappa shape index (κ3) is 14.3. The maximum Gasteiger partial charge on any atom is 0.264 e. The van der Waals surface area contributed by atoms with E-state index in [0.717, 1.165) is 49.8 Å². The zero-order valence-electron chi connectivity index (χ0n) is 41.6. The van der Waals surface area contributed by atoms with E-state index < -0.39 is 31.7 Å². The van der Waals surface area contributed by atoms with Crippen molar-refractivity contribution in [2.24, 2.45) is 40.9 Å². The maximum atomic E-state index is 11.4. The summed E-state index contributed by atoms with van der Waals surface area (Å²) in [6.07, 6.45) is 0.140. The molecule has 0 atom stereocenters. The molecule has 0 aliphatic rings. The number of aromatic hydroxyl groups is 1. The van der Waals surface area contributed by atoms with Gasteiger partial charge in [0.2, 0.25) is 0 Å². The van der Waals surface area contributed by atoms with Crippen molar-refractivity contribution in [3.8, 4) is 17.2 Å². The minimum absolute atomic E-state index is 0.0133. The van der Waals surface area contributed by atoms with E-state index in [4.69, 9.17) is 14.0 Å². The second-order valence-corrected chi connectivity index (χ2v) is 20.9. The maximum absolute atomic E-state index is 11.4. The van der Waals surface area contributed by atoms with Crippen molar-refractivity contribution in [3.63, 3.8) is 0 Å². The highest BCUT2D eigenvalue weighted by molar-refractivity contribution is 7.86. The second kappa shape index (κ2) is 23.3. The molecule has 0 radical (unpaired) electrons. The van der Waals surface area contributed by atoms with Gasteiger partial charge in [-0.2, -0.15) is 47.5 Å². The SMILES string of the molecule is Cc1cc(N=Nc2cc(C)c(N=Nc3cc(C)c(N=Nc4ccc5cc(Nc6ccccc6)ccc5c4O)cc3C)cc2C)c(OCCCS(=O)(=O)O)cc1N=Nc1ccc2c(OCCCS(=O)(=O)O)cccc2c1. The van der Waals surface area contributed by atoms with Gasteiger partial charge in [0.05, 0.1) is 58.8 Å². The molecule has 8 aromatic rings. The number of benzene rings is 8. The number of phenols is 1. The fraction of sp³-hybridized carbons (Fsp3) is 0.200. The van der Waals surface area contributed by atoms with Crippen molar-refractivity contribution in [2.45, 2.75) is 47.5 Å². The quantitative estimate of drug-likeness (QED) is 0.0319. The Bertz CT molecular complexity index is 3800. The lowest BCUT2D eigenvalue weighted by atomic mass is 10.1. The minimum Gasteiger partial charge on any atom is -0.505 e. The highest BCUT2D eigenvalue weighted by Gasteiger charge is 2.14. The molecule has 18 nitrogen and oxygen atoms in total. The predicted molar refractivity (Wildman–Crippen MR) is 292 cm³/mol. The molecule has 0 fully saturated rings. The van der Waals surface area contributed by atoms with Gasteiger partial charge in [0.25, 0.3) is 20.2 Å². The first kappa shape index (κ1) is 53.0. The molecule has 0 amide bonds. The number of phenolic OH excluding ortho intramolecular Hbond substituents is 1. The third-order valence-electron chi connectivity index (χ3n) is 11.8. The highest BCUT2D eigenvalue weighted by Crippen LogP contribution is 2.41. The van der Waals surface area contributed by atoms with Crippen molar-refractivity contribution in [1.82, 2.24) is 0 Å². The minimum atomic E-state index is -4.21. The van der Waals surface area contributed by atoms with Crippen LogP contribution in [0.25, 0.3) is 21.5 Å². The Morgan fingerprint density at radius 2 is 0.907 bits per heavy atom. The summed E-state index contributed by atoms with van der Waals surface area (Å²) >= 11 is 0. The second-order valence-electron chi connectivity index (χ2n) is 17.8. The van der Waals surface area contributed by atoms with Gasteiger partial charge in [-0.15, -0.1) is 10.2 Å². The lowest BCUT2D eigenvalue weighted by molar-refractivity contribution is 0.317. The fourth-order valence-corrected chi connectivity index (χ4v) is 8.79. The number of rotatable bonds is 20. The van der Waals surface area contributed by atoms with Crippen LogP contribution in [0.4, 0.5) is 56.9 Å². The summed E-state index contributed by atoms with van der Waals surface area (Å²) in [7, 11) is -8.29. The van der Waals surface area contributed by atoms with E-state index in [2.05, 4.69) is 46.2 Å². The van der Waals surface area contributed by atoms with Crippen LogP contribution >= 0.6 is 0 Å². The largest absolute Gasteiger partial charge is 0.505 e. The van der Waals surface area contributed by atoms with Crippen LogP contribution in [0.2, 0.25) is 0 Å². The first-order valence-electron chi connectivity index (χ1n) is 23.7. The summed E-state index contributed by atoms with van der Waals surface area (Å²) in [5.41, 5.74) is 9.90. The van der Waals surface area contributed by atoms with Crippen LogP contribution in [-0.2, 0) is 20.2 Å². The van der Waals surface area contributed by atoms with Crippen molar-refractivity contribution in [2.75, 3.05) is 30.0 Å². The molecular weight excluding hydrogens is 995 g/mol.